The van der Waals surface area contributed by atoms with Gasteiger partial charge in [-0.15, -0.1) is 33.7 Å². The molecule has 2 aromatic heterocycles. The van der Waals surface area contributed by atoms with Crippen LogP contribution in [0, 0.1) is 5.41 Å². The number of fused-ring (bicyclic) bond motifs is 1. The van der Waals surface area contributed by atoms with Crippen LogP contribution in [-0.4, -0.2) is 86.2 Å². The average molecular weight is 583 g/mol. The maximum absolute atomic E-state index is 13.2. The number of nitrogen functional groups attached to an aromatic ring is 1. The predicted octanol–water partition coefficient (Wildman–Crippen LogP) is -2.29. The maximum Gasteiger partial charge on any atom is 0.352 e. The number of rotatable bonds is 6. The molecule has 0 aliphatic carbocycles. The van der Waals surface area contributed by atoms with Gasteiger partial charge in [0, 0.05) is 18.2 Å². The molecule has 20 heteroatoms. The van der Waals surface area contributed by atoms with Gasteiger partial charge in [-0.05, 0) is 16.0 Å². The fourth-order valence-corrected chi connectivity index (χ4v) is 7.36. The number of thioether (sulfide) groups is 2. The van der Waals surface area contributed by atoms with Gasteiger partial charge in [0.15, 0.2) is 6.04 Å². The SMILES string of the molecule is Cn1nnnc1SCC1=C(C(=O)O)N2C(=O)C3NC(=O)C(c4csc(=N)n4N)NOC=C(C(=O)O)C1S[C@@H]32. The van der Waals surface area contributed by atoms with Crippen LogP contribution in [0.4, 0.5) is 0 Å². The smallest absolute Gasteiger partial charge is 0.352 e. The van der Waals surface area contributed by atoms with Gasteiger partial charge < -0.3 is 26.2 Å². The number of amides is 2. The minimum Gasteiger partial charge on any atom is -0.478 e. The Bertz CT molecular complexity index is 1480. The number of carbonyl (C=O) groups excluding carboxylic acids is 2. The number of carboxylic acids is 2. The average Bonchev–Trinajstić information content (AvgIpc) is 3.43. The van der Waals surface area contributed by atoms with Crippen LogP contribution in [0.25, 0.3) is 0 Å². The Morgan fingerprint density at radius 2 is 2.08 bits per heavy atom. The largest absolute Gasteiger partial charge is 0.478 e. The van der Waals surface area contributed by atoms with Gasteiger partial charge in [-0.2, -0.15) is 0 Å². The number of carboxylic acid groups (broad SMARTS) is 2. The minimum absolute atomic E-state index is 0.0595. The molecule has 5 heterocycles. The summed E-state index contributed by atoms with van der Waals surface area (Å²) in [5.74, 6) is 1.53. The number of aliphatic carboxylic acids is 2. The zero-order valence-corrected chi connectivity index (χ0v) is 21.5. The van der Waals surface area contributed by atoms with Crippen molar-refractivity contribution in [3.63, 3.8) is 0 Å². The monoisotopic (exact) mass is 582 g/mol. The molecule has 0 radical (unpaired) electrons. The number of hydrogen-bond donors (Lipinski definition) is 6. The highest BCUT2D eigenvalue weighted by molar-refractivity contribution is 8.01. The first-order valence-corrected chi connectivity index (χ1v) is 13.4. The first-order valence-electron chi connectivity index (χ1n) is 10.5. The van der Waals surface area contributed by atoms with E-state index in [4.69, 9.17) is 16.1 Å². The molecule has 0 spiro atoms. The Morgan fingerprint density at radius 1 is 1.32 bits per heavy atom. The number of hydrogen-bond acceptors (Lipinski definition) is 14. The molecular formula is C18H18N10O7S3. The molecule has 3 aliphatic heterocycles. The van der Waals surface area contributed by atoms with E-state index in [1.54, 1.807) is 7.05 Å². The summed E-state index contributed by atoms with van der Waals surface area (Å²) in [4.78, 5) is 57.3. The van der Waals surface area contributed by atoms with Crippen LogP contribution < -0.4 is 21.4 Å². The van der Waals surface area contributed by atoms with Crippen molar-refractivity contribution in [2.75, 3.05) is 11.6 Å². The van der Waals surface area contributed by atoms with Crippen molar-refractivity contribution in [1.29, 1.82) is 5.41 Å². The number of tetrazole rings is 1. The lowest BCUT2D eigenvalue weighted by atomic mass is 9.98. The molecule has 0 saturated carbocycles. The van der Waals surface area contributed by atoms with E-state index in [0.29, 0.717) is 5.16 Å². The van der Waals surface area contributed by atoms with Gasteiger partial charge in [0.25, 0.3) is 5.91 Å². The van der Waals surface area contributed by atoms with E-state index in [-0.39, 0.29) is 33.1 Å². The molecule has 200 valence electrons. The molecule has 7 N–H and O–H groups in total. The van der Waals surface area contributed by atoms with Crippen LogP contribution in [0.15, 0.2) is 33.6 Å². The van der Waals surface area contributed by atoms with Crippen LogP contribution in [0.3, 0.4) is 0 Å². The second kappa shape index (κ2) is 9.78. The highest BCUT2D eigenvalue weighted by Crippen LogP contribution is 2.48. The maximum atomic E-state index is 13.2. The fraction of sp³-hybridized carbons (Fsp3) is 0.333. The number of aryl methyl sites for hydroxylation is 1. The standard InChI is InChI=1S/C18H18N10O7S3/c1-26-18(22-24-25-26)37-3-6-10(16(33)34)27-13(30)9-14(27)38-11(6)5(15(31)32)2-35-23-8(12(29)21-9)7-4-36-17(19)28(7)20/h2,4,8-9,11,14,19,23H,3,20H2,1H3,(H,21,29)(H,31,32)(H,33,34)/t8?,9?,11?,14-/m0/s1. The second-order valence-corrected chi connectivity index (χ2v) is 11.1. The molecule has 38 heavy (non-hydrogen) atoms. The third-order valence-electron chi connectivity index (χ3n) is 5.87. The van der Waals surface area contributed by atoms with Gasteiger partial charge >= 0.3 is 11.9 Å². The Kier molecular flexibility index (Phi) is 6.63. The third kappa shape index (κ3) is 4.19. The van der Waals surface area contributed by atoms with E-state index in [1.807, 2.05) is 0 Å². The van der Waals surface area contributed by atoms with Crippen molar-refractivity contribution in [3.05, 3.63) is 39.0 Å². The number of nitrogens with zero attached hydrogens (tertiary/aromatic N) is 6. The van der Waals surface area contributed by atoms with Crippen molar-refractivity contribution in [1.82, 2.24) is 40.6 Å². The van der Waals surface area contributed by atoms with Gasteiger partial charge in [0.1, 0.15) is 23.4 Å². The summed E-state index contributed by atoms with van der Waals surface area (Å²) in [5, 5.41) is 41.4. The summed E-state index contributed by atoms with van der Waals surface area (Å²) in [7, 11) is 1.58. The Labute approximate surface area is 224 Å². The number of carbonyl (C=O) groups is 4. The lowest BCUT2D eigenvalue weighted by Crippen LogP contribution is -2.71. The van der Waals surface area contributed by atoms with Crippen molar-refractivity contribution >= 4 is 58.6 Å². The normalized spacial score (nSPS) is 25.1. The molecular weight excluding hydrogens is 564 g/mol. The molecule has 4 atom stereocenters. The number of thiazole rings is 1. The lowest BCUT2D eigenvalue weighted by molar-refractivity contribution is -0.151. The van der Waals surface area contributed by atoms with Gasteiger partial charge in [-0.25, -0.2) is 18.9 Å². The predicted molar refractivity (Wildman–Crippen MR) is 129 cm³/mol. The summed E-state index contributed by atoms with van der Waals surface area (Å²) in [6, 6.07) is -2.48. The van der Waals surface area contributed by atoms with Crippen molar-refractivity contribution in [2.24, 2.45) is 7.05 Å². The Balaban J connectivity index is 1.59. The number of hydroxylamine groups is 1. The summed E-state index contributed by atoms with van der Waals surface area (Å²) in [5.41, 5.74) is 1.97. The first-order chi connectivity index (χ1) is 18.1. The number of aromatic nitrogens is 5. The van der Waals surface area contributed by atoms with E-state index in [2.05, 4.69) is 26.3 Å². The summed E-state index contributed by atoms with van der Waals surface area (Å²) >= 11 is 3.00. The van der Waals surface area contributed by atoms with Crippen LogP contribution in [-0.2, 0) is 31.1 Å². The molecule has 5 rings (SSSR count). The molecule has 1 saturated heterocycles. The molecule has 17 nitrogen and oxygen atoms in total. The zero-order chi connectivity index (χ0) is 27.3. The third-order valence-corrected chi connectivity index (χ3v) is 9.28. The summed E-state index contributed by atoms with van der Waals surface area (Å²) in [6.45, 7) is 0. The molecule has 2 amide bonds. The fourth-order valence-electron chi connectivity index (χ4n) is 4.03. The van der Waals surface area contributed by atoms with Crippen molar-refractivity contribution in [2.45, 2.75) is 27.9 Å². The molecule has 2 bridgehead atoms. The van der Waals surface area contributed by atoms with Crippen LogP contribution in [0.2, 0.25) is 0 Å². The highest BCUT2D eigenvalue weighted by Gasteiger charge is 2.57. The second-order valence-electron chi connectivity index (χ2n) is 8.04. The first kappa shape index (κ1) is 25.8. The Morgan fingerprint density at radius 3 is 2.68 bits per heavy atom. The Hall–Kier alpha value is -3.88. The van der Waals surface area contributed by atoms with Gasteiger partial charge in [-0.1, -0.05) is 11.8 Å². The van der Waals surface area contributed by atoms with Crippen molar-refractivity contribution < 1.29 is 34.2 Å². The number of nitrogens with one attached hydrogen (secondary N) is 3. The summed E-state index contributed by atoms with van der Waals surface area (Å²) < 4.78 is 2.30. The van der Waals surface area contributed by atoms with Gasteiger partial charge in [0.2, 0.25) is 15.9 Å². The van der Waals surface area contributed by atoms with Crippen LogP contribution >= 0.6 is 34.9 Å². The topological polar surface area (TPSA) is 244 Å². The van der Waals surface area contributed by atoms with Gasteiger partial charge in [-0.3, -0.25) is 19.9 Å². The highest BCUT2D eigenvalue weighted by atomic mass is 32.2. The molecule has 3 unspecified atom stereocenters. The van der Waals surface area contributed by atoms with E-state index in [1.165, 1.54) is 10.1 Å². The van der Waals surface area contributed by atoms with E-state index >= 15 is 0 Å². The van der Waals surface area contributed by atoms with Crippen molar-refractivity contribution in [3.8, 4) is 0 Å². The number of nitrogens with two attached hydrogens (primary N) is 1. The summed E-state index contributed by atoms with van der Waals surface area (Å²) in [6.07, 6.45) is 0.875. The van der Waals surface area contributed by atoms with E-state index < -0.39 is 46.5 Å². The lowest BCUT2D eigenvalue weighted by Gasteiger charge is -2.51. The molecule has 1 fully saturated rings. The van der Waals surface area contributed by atoms with Gasteiger partial charge in [0.05, 0.1) is 16.5 Å². The minimum atomic E-state index is -1.44. The quantitative estimate of drug-likeness (QED) is 0.119. The molecule has 0 aromatic carbocycles. The van der Waals surface area contributed by atoms with Crippen LogP contribution in [0.1, 0.15) is 11.7 Å². The van der Waals surface area contributed by atoms with E-state index in [9.17, 15) is 29.4 Å². The number of β-lactam (4-membered cyclic amide) rings is 1. The van der Waals surface area contributed by atoms with E-state index in [0.717, 1.165) is 50.7 Å². The van der Waals surface area contributed by atoms with Crippen LogP contribution in [0.5, 0.6) is 0 Å². The zero-order valence-electron chi connectivity index (χ0n) is 19.1. The molecule has 2 aromatic rings. The molecule has 3 aliphatic rings.